The van der Waals surface area contributed by atoms with Crippen molar-refractivity contribution in [3.63, 3.8) is 0 Å². The summed E-state index contributed by atoms with van der Waals surface area (Å²) in [6.07, 6.45) is 0.541. The van der Waals surface area contributed by atoms with Crippen molar-refractivity contribution in [2.24, 2.45) is 0 Å². The van der Waals surface area contributed by atoms with E-state index in [0.717, 1.165) is 6.54 Å². The van der Waals surface area contributed by atoms with Gasteiger partial charge in [0.15, 0.2) is 0 Å². The predicted molar refractivity (Wildman–Crippen MR) is 80.0 cm³/mol. The Bertz CT molecular complexity index is 421. The van der Waals surface area contributed by atoms with Crippen molar-refractivity contribution in [1.82, 2.24) is 10.2 Å². The molecule has 19 heavy (non-hydrogen) atoms. The van der Waals surface area contributed by atoms with E-state index in [1.54, 1.807) is 4.90 Å². The van der Waals surface area contributed by atoms with E-state index in [4.69, 9.17) is 0 Å². The lowest BCUT2D eigenvalue weighted by Crippen LogP contribution is -2.38. The smallest absolute Gasteiger partial charge is 0.223 e. The fourth-order valence-electron chi connectivity index (χ4n) is 1.91. The van der Waals surface area contributed by atoms with Gasteiger partial charge < -0.3 is 10.2 Å². The second-order valence-corrected chi connectivity index (χ2v) is 6.17. The van der Waals surface area contributed by atoms with E-state index in [1.807, 2.05) is 13.1 Å². The maximum atomic E-state index is 12.0. The maximum absolute atomic E-state index is 12.0. The van der Waals surface area contributed by atoms with Gasteiger partial charge in [-0.05, 0) is 33.3 Å². The van der Waals surface area contributed by atoms with Gasteiger partial charge in [-0.25, -0.2) is 0 Å². The van der Waals surface area contributed by atoms with Gasteiger partial charge in [0.1, 0.15) is 0 Å². The monoisotopic (exact) mass is 262 g/mol. The Kier molecular flexibility index (Phi) is 5.55. The van der Waals surface area contributed by atoms with Gasteiger partial charge in [0.2, 0.25) is 5.91 Å². The van der Waals surface area contributed by atoms with Crippen LogP contribution in [-0.4, -0.2) is 29.9 Å². The van der Waals surface area contributed by atoms with Gasteiger partial charge in [-0.2, -0.15) is 0 Å². The van der Waals surface area contributed by atoms with E-state index in [9.17, 15) is 4.79 Å². The number of benzene rings is 1. The van der Waals surface area contributed by atoms with E-state index < -0.39 is 0 Å². The molecule has 3 heteroatoms. The van der Waals surface area contributed by atoms with Crippen molar-refractivity contribution in [3.8, 4) is 0 Å². The molecule has 106 valence electrons. The van der Waals surface area contributed by atoms with Gasteiger partial charge in [-0.15, -0.1) is 0 Å². The van der Waals surface area contributed by atoms with Crippen LogP contribution >= 0.6 is 0 Å². The molecule has 0 aliphatic carbocycles. The average molecular weight is 262 g/mol. The SMILES string of the molecule is Cc1cccc(CN(C)C(=O)CCNC(C)(C)C)c1. The van der Waals surface area contributed by atoms with Crippen LogP contribution in [0.4, 0.5) is 0 Å². The lowest BCUT2D eigenvalue weighted by Gasteiger charge is -2.22. The number of hydrogen-bond donors (Lipinski definition) is 1. The first-order valence-corrected chi connectivity index (χ1v) is 6.82. The zero-order chi connectivity index (χ0) is 14.5. The Morgan fingerprint density at radius 1 is 1.32 bits per heavy atom. The topological polar surface area (TPSA) is 32.3 Å². The van der Waals surface area contributed by atoms with Crippen molar-refractivity contribution in [1.29, 1.82) is 0 Å². The second-order valence-electron chi connectivity index (χ2n) is 6.17. The van der Waals surface area contributed by atoms with Gasteiger partial charge in [0.05, 0.1) is 0 Å². The van der Waals surface area contributed by atoms with Crippen LogP contribution in [0.3, 0.4) is 0 Å². The summed E-state index contributed by atoms with van der Waals surface area (Å²) in [5, 5.41) is 3.33. The highest BCUT2D eigenvalue weighted by atomic mass is 16.2. The molecule has 1 rings (SSSR count). The molecule has 0 aromatic heterocycles. The summed E-state index contributed by atoms with van der Waals surface area (Å²) in [6, 6.07) is 8.28. The molecule has 1 aromatic rings. The largest absolute Gasteiger partial charge is 0.341 e. The predicted octanol–water partition coefficient (Wildman–Crippen LogP) is 2.73. The van der Waals surface area contributed by atoms with Crippen molar-refractivity contribution < 1.29 is 4.79 Å². The van der Waals surface area contributed by atoms with Gasteiger partial charge in [-0.3, -0.25) is 4.79 Å². The fourth-order valence-corrected chi connectivity index (χ4v) is 1.91. The average Bonchev–Trinajstić information content (AvgIpc) is 2.27. The minimum atomic E-state index is 0.0649. The van der Waals surface area contributed by atoms with Gasteiger partial charge in [0, 0.05) is 32.1 Å². The summed E-state index contributed by atoms with van der Waals surface area (Å²) in [5.41, 5.74) is 2.47. The Morgan fingerprint density at radius 2 is 2.00 bits per heavy atom. The van der Waals surface area contributed by atoms with Crippen LogP contribution in [-0.2, 0) is 11.3 Å². The summed E-state index contributed by atoms with van der Waals surface area (Å²) in [6.45, 7) is 9.78. The first-order chi connectivity index (χ1) is 8.78. The molecule has 1 aromatic carbocycles. The van der Waals surface area contributed by atoms with E-state index in [1.165, 1.54) is 11.1 Å². The summed E-state index contributed by atoms with van der Waals surface area (Å²) in [4.78, 5) is 13.8. The fraction of sp³-hybridized carbons (Fsp3) is 0.562. The molecular formula is C16H26N2O. The molecule has 1 N–H and O–H groups in total. The lowest BCUT2D eigenvalue weighted by atomic mass is 10.1. The van der Waals surface area contributed by atoms with Crippen molar-refractivity contribution in [2.45, 2.75) is 46.2 Å². The Labute approximate surface area is 117 Å². The number of amides is 1. The molecular weight excluding hydrogens is 236 g/mol. The molecule has 0 fully saturated rings. The van der Waals surface area contributed by atoms with E-state index >= 15 is 0 Å². The van der Waals surface area contributed by atoms with Crippen LogP contribution in [0, 0.1) is 6.92 Å². The van der Waals surface area contributed by atoms with Gasteiger partial charge in [0.25, 0.3) is 0 Å². The Balaban J connectivity index is 2.41. The lowest BCUT2D eigenvalue weighted by molar-refractivity contribution is -0.130. The minimum Gasteiger partial charge on any atom is -0.341 e. The molecule has 0 atom stereocenters. The van der Waals surface area contributed by atoms with Crippen LogP contribution in [0.2, 0.25) is 0 Å². The van der Waals surface area contributed by atoms with Crippen LogP contribution in [0.25, 0.3) is 0 Å². The molecule has 0 aliphatic rings. The highest BCUT2D eigenvalue weighted by molar-refractivity contribution is 5.76. The summed E-state index contributed by atoms with van der Waals surface area (Å²) >= 11 is 0. The molecule has 0 heterocycles. The number of aryl methyl sites for hydroxylation is 1. The summed E-state index contributed by atoms with van der Waals surface area (Å²) < 4.78 is 0. The number of carbonyl (C=O) groups excluding carboxylic acids is 1. The Hall–Kier alpha value is -1.35. The standard InChI is InChI=1S/C16H26N2O/c1-13-7-6-8-14(11-13)12-18(5)15(19)9-10-17-16(2,3)4/h6-8,11,17H,9-10,12H2,1-5H3. The highest BCUT2D eigenvalue weighted by Gasteiger charge is 2.12. The zero-order valence-corrected chi connectivity index (χ0v) is 12.8. The van der Waals surface area contributed by atoms with Gasteiger partial charge >= 0.3 is 0 Å². The number of hydrogen-bond acceptors (Lipinski definition) is 2. The van der Waals surface area contributed by atoms with Crippen LogP contribution in [0.15, 0.2) is 24.3 Å². The molecule has 0 saturated carbocycles. The summed E-state index contributed by atoms with van der Waals surface area (Å²) in [7, 11) is 1.86. The van der Waals surface area contributed by atoms with Crippen LogP contribution in [0.1, 0.15) is 38.3 Å². The first-order valence-electron chi connectivity index (χ1n) is 6.82. The van der Waals surface area contributed by atoms with Gasteiger partial charge in [-0.1, -0.05) is 29.8 Å². The molecule has 3 nitrogen and oxygen atoms in total. The molecule has 0 aliphatic heterocycles. The number of carbonyl (C=O) groups is 1. The number of nitrogens with one attached hydrogen (secondary N) is 1. The molecule has 0 unspecified atom stereocenters. The van der Waals surface area contributed by atoms with Crippen LogP contribution < -0.4 is 5.32 Å². The first kappa shape index (κ1) is 15.7. The molecule has 0 spiro atoms. The van der Waals surface area contributed by atoms with Crippen molar-refractivity contribution in [3.05, 3.63) is 35.4 Å². The van der Waals surface area contributed by atoms with E-state index in [0.29, 0.717) is 13.0 Å². The normalized spacial score (nSPS) is 11.4. The highest BCUT2D eigenvalue weighted by Crippen LogP contribution is 2.07. The molecule has 0 radical (unpaired) electrons. The van der Waals surface area contributed by atoms with E-state index in [-0.39, 0.29) is 11.4 Å². The third kappa shape index (κ3) is 6.39. The third-order valence-corrected chi connectivity index (χ3v) is 2.92. The zero-order valence-electron chi connectivity index (χ0n) is 12.8. The third-order valence-electron chi connectivity index (χ3n) is 2.92. The summed E-state index contributed by atoms with van der Waals surface area (Å²) in [5.74, 6) is 0.179. The van der Waals surface area contributed by atoms with Crippen molar-refractivity contribution >= 4 is 5.91 Å². The van der Waals surface area contributed by atoms with E-state index in [2.05, 4.69) is 51.2 Å². The molecule has 0 saturated heterocycles. The minimum absolute atomic E-state index is 0.0649. The molecule has 0 bridgehead atoms. The van der Waals surface area contributed by atoms with Crippen molar-refractivity contribution in [2.75, 3.05) is 13.6 Å². The maximum Gasteiger partial charge on any atom is 0.223 e. The van der Waals surface area contributed by atoms with Crippen LogP contribution in [0.5, 0.6) is 0 Å². The quantitative estimate of drug-likeness (QED) is 0.885. The number of rotatable bonds is 5. The Morgan fingerprint density at radius 3 is 2.58 bits per heavy atom. The molecule has 1 amide bonds. The number of nitrogens with zero attached hydrogens (tertiary/aromatic N) is 1. The second kappa shape index (κ2) is 6.71.